The van der Waals surface area contributed by atoms with Crippen LogP contribution in [0.2, 0.25) is 10.0 Å². The van der Waals surface area contributed by atoms with Gasteiger partial charge in [-0.3, -0.25) is 9.59 Å². The first-order valence-electron chi connectivity index (χ1n) is 7.84. The number of carbonyl (C=O) groups excluding carboxylic acids is 1. The van der Waals surface area contributed by atoms with Crippen molar-refractivity contribution >= 4 is 29.1 Å². The van der Waals surface area contributed by atoms with Crippen molar-refractivity contribution in [1.82, 2.24) is 15.1 Å². The fourth-order valence-electron chi connectivity index (χ4n) is 2.63. The Hall–Kier alpha value is -2.05. The summed E-state index contributed by atoms with van der Waals surface area (Å²) in [6.07, 6.45) is 3.37. The second-order valence-corrected chi connectivity index (χ2v) is 6.71. The number of halogens is 2. The molecule has 0 aliphatic heterocycles. The van der Waals surface area contributed by atoms with Crippen LogP contribution in [-0.2, 0) is 11.3 Å². The summed E-state index contributed by atoms with van der Waals surface area (Å²) in [6.45, 7) is -0.213. The minimum Gasteiger partial charge on any atom is -0.497 e. The zero-order valence-corrected chi connectivity index (χ0v) is 15.0. The Morgan fingerprint density at radius 1 is 1.36 bits per heavy atom. The highest BCUT2D eigenvalue weighted by atomic mass is 35.5. The first-order valence-corrected chi connectivity index (χ1v) is 8.59. The minimum atomic E-state index is -0.586. The van der Waals surface area contributed by atoms with Gasteiger partial charge in [-0.15, -0.1) is 0 Å². The van der Waals surface area contributed by atoms with Crippen LogP contribution in [0.3, 0.4) is 0 Å². The number of rotatable bonds is 6. The van der Waals surface area contributed by atoms with Crippen molar-refractivity contribution in [2.75, 3.05) is 7.11 Å². The van der Waals surface area contributed by atoms with E-state index in [2.05, 4.69) is 10.4 Å². The van der Waals surface area contributed by atoms with Gasteiger partial charge in [0.2, 0.25) is 5.91 Å². The Kier molecular flexibility index (Phi) is 5.30. The molecule has 0 spiro atoms. The largest absolute Gasteiger partial charge is 0.497 e. The van der Waals surface area contributed by atoms with Crippen molar-refractivity contribution in [3.05, 3.63) is 56.4 Å². The van der Waals surface area contributed by atoms with E-state index >= 15 is 0 Å². The lowest BCUT2D eigenvalue weighted by Gasteiger charge is -2.19. The number of hydrogen-bond acceptors (Lipinski definition) is 4. The van der Waals surface area contributed by atoms with E-state index < -0.39 is 5.56 Å². The van der Waals surface area contributed by atoms with Crippen LogP contribution in [0, 0.1) is 5.92 Å². The van der Waals surface area contributed by atoms with E-state index in [4.69, 9.17) is 27.9 Å². The summed E-state index contributed by atoms with van der Waals surface area (Å²) in [5, 5.41) is 6.77. The molecular formula is C17H17Cl2N3O3. The first-order chi connectivity index (χ1) is 12.0. The van der Waals surface area contributed by atoms with Gasteiger partial charge in [0.05, 0.1) is 24.4 Å². The summed E-state index contributed by atoms with van der Waals surface area (Å²) in [5.41, 5.74) is 0.419. The van der Waals surface area contributed by atoms with E-state index in [1.165, 1.54) is 6.20 Å². The van der Waals surface area contributed by atoms with Gasteiger partial charge < -0.3 is 10.1 Å². The third-order valence-corrected chi connectivity index (χ3v) is 4.87. The average Bonchev–Trinajstić information content (AvgIpc) is 3.45. The van der Waals surface area contributed by atoms with Crippen LogP contribution in [0.25, 0.3) is 0 Å². The van der Waals surface area contributed by atoms with E-state index in [0.717, 1.165) is 28.8 Å². The third kappa shape index (κ3) is 4.14. The topological polar surface area (TPSA) is 73.2 Å². The zero-order valence-electron chi connectivity index (χ0n) is 13.5. The number of amides is 1. The molecule has 132 valence electrons. The number of carbonyl (C=O) groups is 1. The molecule has 1 unspecified atom stereocenters. The number of hydrogen-bond donors (Lipinski definition) is 1. The molecule has 2 aromatic rings. The van der Waals surface area contributed by atoms with Crippen molar-refractivity contribution in [2.24, 2.45) is 5.92 Å². The number of methoxy groups -OCH3 is 1. The maximum atomic E-state index is 12.4. The van der Waals surface area contributed by atoms with Crippen molar-refractivity contribution in [1.29, 1.82) is 0 Å². The van der Waals surface area contributed by atoms with E-state index in [1.807, 2.05) is 24.3 Å². The zero-order chi connectivity index (χ0) is 18.0. The van der Waals surface area contributed by atoms with Crippen LogP contribution in [0.15, 0.2) is 35.3 Å². The van der Waals surface area contributed by atoms with Crippen LogP contribution in [-0.4, -0.2) is 22.8 Å². The Morgan fingerprint density at radius 2 is 2.04 bits per heavy atom. The summed E-state index contributed by atoms with van der Waals surface area (Å²) in [7, 11) is 1.61. The maximum absolute atomic E-state index is 12.4. The van der Waals surface area contributed by atoms with Crippen LogP contribution in [0.4, 0.5) is 0 Å². The van der Waals surface area contributed by atoms with Gasteiger partial charge in [-0.2, -0.15) is 5.10 Å². The predicted molar refractivity (Wildman–Crippen MR) is 95.1 cm³/mol. The van der Waals surface area contributed by atoms with E-state index in [-0.39, 0.29) is 28.5 Å². The predicted octanol–water partition coefficient (Wildman–Crippen LogP) is 2.83. The van der Waals surface area contributed by atoms with Gasteiger partial charge in [0, 0.05) is 0 Å². The molecule has 1 amide bonds. The molecule has 1 fully saturated rings. The number of benzene rings is 1. The summed E-state index contributed by atoms with van der Waals surface area (Å²) in [6, 6.07) is 7.50. The van der Waals surface area contributed by atoms with Gasteiger partial charge in [-0.25, -0.2) is 4.68 Å². The maximum Gasteiger partial charge on any atom is 0.287 e. The Morgan fingerprint density at radius 3 is 2.64 bits per heavy atom. The number of nitrogens with zero attached hydrogens (tertiary/aromatic N) is 2. The second kappa shape index (κ2) is 7.45. The van der Waals surface area contributed by atoms with Gasteiger partial charge in [-0.1, -0.05) is 35.3 Å². The SMILES string of the molecule is COc1ccc(C(NC(=O)Cn2ncc(Cl)c(Cl)c2=O)C2CC2)cc1. The highest BCUT2D eigenvalue weighted by Crippen LogP contribution is 2.41. The quantitative estimate of drug-likeness (QED) is 0.834. The van der Waals surface area contributed by atoms with E-state index in [0.29, 0.717) is 5.92 Å². The molecule has 0 saturated heterocycles. The molecule has 1 saturated carbocycles. The molecule has 1 atom stereocenters. The molecule has 1 aliphatic carbocycles. The number of ether oxygens (including phenoxy) is 1. The number of nitrogens with one attached hydrogen (secondary N) is 1. The molecule has 0 bridgehead atoms. The summed E-state index contributed by atoms with van der Waals surface area (Å²) in [5.74, 6) is 0.854. The first kappa shape index (κ1) is 17.8. The van der Waals surface area contributed by atoms with E-state index in [1.54, 1.807) is 7.11 Å². The van der Waals surface area contributed by atoms with Gasteiger partial charge in [0.15, 0.2) is 0 Å². The molecular weight excluding hydrogens is 365 g/mol. The van der Waals surface area contributed by atoms with Crippen LogP contribution < -0.4 is 15.6 Å². The molecule has 8 heteroatoms. The van der Waals surface area contributed by atoms with Crippen LogP contribution >= 0.6 is 23.2 Å². The third-order valence-electron chi connectivity index (χ3n) is 4.12. The van der Waals surface area contributed by atoms with E-state index in [9.17, 15) is 9.59 Å². The highest BCUT2D eigenvalue weighted by molar-refractivity contribution is 6.41. The molecule has 1 aromatic heterocycles. The lowest BCUT2D eigenvalue weighted by molar-refractivity contribution is -0.122. The monoisotopic (exact) mass is 381 g/mol. The molecule has 1 aromatic carbocycles. The Bertz CT molecular complexity index is 832. The van der Waals surface area contributed by atoms with Gasteiger partial charge >= 0.3 is 0 Å². The number of aromatic nitrogens is 2. The van der Waals surface area contributed by atoms with Gasteiger partial charge in [0.25, 0.3) is 5.56 Å². The smallest absolute Gasteiger partial charge is 0.287 e. The van der Waals surface area contributed by atoms with Crippen molar-refractivity contribution < 1.29 is 9.53 Å². The summed E-state index contributed by atoms with van der Waals surface area (Å²) < 4.78 is 6.16. The molecule has 1 aliphatic rings. The van der Waals surface area contributed by atoms with Crippen molar-refractivity contribution in [3.8, 4) is 5.75 Å². The van der Waals surface area contributed by atoms with Crippen LogP contribution in [0.5, 0.6) is 5.75 Å². The Balaban J connectivity index is 1.73. The highest BCUT2D eigenvalue weighted by Gasteiger charge is 2.33. The molecule has 1 heterocycles. The van der Waals surface area contributed by atoms with Crippen molar-refractivity contribution in [3.63, 3.8) is 0 Å². The second-order valence-electron chi connectivity index (χ2n) is 5.93. The minimum absolute atomic E-state index is 0.0671. The summed E-state index contributed by atoms with van der Waals surface area (Å²) >= 11 is 11.6. The van der Waals surface area contributed by atoms with Crippen LogP contribution in [0.1, 0.15) is 24.4 Å². The lowest BCUT2D eigenvalue weighted by atomic mass is 10.0. The van der Waals surface area contributed by atoms with Crippen molar-refractivity contribution in [2.45, 2.75) is 25.4 Å². The molecule has 3 rings (SSSR count). The fourth-order valence-corrected chi connectivity index (χ4v) is 2.90. The average molecular weight is 382 g/mol. The Labute approximate surface area is 154 Å². The summed E-state index contributed by atoms with van der Waals surface area (Å²) in [4.78, 5) is 24.4. The normalized spacial score (nSPS) is 14.8. The molecule has 0 radical (unpaired) electrons. The molecule has 6 nitrogen and oxygen atoms in total. The lowest BCUT2D eigenvalue weighted by Crippen LogP contribution is -2.36. The molecule has 25 heavy (non-hydrogen) atoms. The van der Waals surface area contributed by atoms with Gasteiger partial charge in [0.1, 0.15) is 17.3 Å². The molecule has 1 N–H and O–H groups in total. The standard InChI is InChI=1S/C17H17Cl2N3O3/c1-25-12-6-4-11(5-7-12)16(10-2-3-10)21-14(23)9-22-17(24)15(19)13(18)8-20-22/h4-8,10,16H,2-3,9H2,1H3,(H,21,23). The fraction of sp³-hybridized carbons (Fsp3) is 0.353. The van der Waals surface area contributed by atoms with Gasteiger partial charge in [-0.05, 0) is 36.5 Å².